The Hall–Kier alpha value is -1.07. The Morgan fingerprint density at radius 1 is 1.33 bits per heavy atom. The zero-order valence-electron chi connectivity index (χ0n) is 13.6. The van der Waals surface area contributed by atoms with Crippen molar-refractivity contribution in [2.75, 3.05) is 44.7 Å². The van der Waals surface area contributed by atoms with Crippen LogP contribution in [0.25, 0.3) is 0 Å². The summed E-state index contributed by atoms with van der Waals surface area (Å²) in [5.41, 5.74) is 0. The molecule has 0 aliphatic carbocycles. The number of piperidine rings is 1. The molecular weight excluding hydrogens is 264 g/mol. The van der Waals surface area contributed by atoms with Crippen LogP contribution >= 0.6 is 0 Å². The standard InChI is InChI=1S/C16H30N4O/c1-3-21-13-7-8-17-16-18-9-12-20(16)15(2)14-19-10-5-4-6-11-19/h9,12,15H,3-8,10-11,13-14H2,1-2H3,(H,17,18). The van der Waals surface area contributed by atoms with Crippen molar-refractivity contribution in [3.05, 3.63) is 12.4 Å². The van der Waals surface area contributed by atoms with Gasteiger partial charge in [-0.25, -0.2) is 4.98 Å². The first-order valence-corrected chi connectivity index (χ1v) is 8.38. The van der Waals surface area contributed by atoms with Gasteiger partial charge in [0, 0.05) is 44.7 Å². The van der Waals surface area contributed by atoms with Crippen LogP contribution in [0.1, 0.15) is 45.6 Å². The molecule has 1 aliphatic heterocycles. The quantitative estimate of drug-likeness (QED) is 0.711. The summed E-state index contributed by atoms with van der Waals surface area (Å²) in [4.78, 5) is 7.02. The van der Waals surface area contributed by atoms with Gasteiger partial charge in [-0.3, -0.25) is 0 Å². The maximum absolute atomic E-state index is 5.36. The highest BCUT2D eigenvalue weighted by Gasteiger charge is 2.16. The van der Waals surface area contributed by atoms with Crippen molar-refractivity contribution in [2.24, 2.45) is 0 Å². The lowest BCUT2D eigenvalue weighted by atomic mass is 10.1. The van der Waals surface area contributed by atoms with Gasteiger partial charge < -0.3 is 19.5 Å². The maximum atomic E-state index is 5.36. The molecule has 1 fully saturated rings. The van der Waals surface area contributed by atoms with Crippen molar-refractivity contribution in [1.82, 2.24) is 14.5 Å². The fourth-order valence-corrected chi connectivity index (χ4v) is 2.93. The van der Waals surface area contributed by atoms with E-state index in [0.717, 1.165) is 38.7 Å². The Morgan fingerprint density at radius 3 is 2.90 bits per heavy atom. The van der Waals surface area contributed by atoms with Crippen LogP contribution in [0, 0.1) is 0 Å². The lowest BCUT2D eigenvalue weighted by molar-refractivity contribution is 0.147. The van der Waals surface area contributed by atoms with Crippen LogP contribution in [0.15, 0.2) is 12.4 Å². The topological polar surface area (TPSA) is 42.3 Å². The molecule has 1 aromatic heterocycles. The SMILES string of the molecule is CCOCCCNc1nccn1C(C)CN1CCCCC1. The van der Waals surface area contributed by atoms with E-state index in [0.29, 0.717) is 6.04 Å². The highest BCUT2D eigenvalue weighted by atomic mass is 16.5. The number of hydrogen-bond acceptors (Lipinski definition) is 4. The number of nitrogens with zero attached hydrogens (tertiary/aromatic N) is 3. The van der Waals surface area contributed by atoms with Gasteiger partial charge in [-0.1, -0.05) is 6.42 Å². The summed E-state index contributed by atoms with van der Waals surface area (Å²) >= 11 is 0. The zero-order chi connectivity index (χ0) is 14.9. The lowest BCUT2D eigenvalue weighted by Crippen LogP contribution is -2.34. The second kappa shape index (κ2) is 9.05. The second-order valence-corrected chi connectivity index (χ2v) is 5.85. The van der Waals surface area contributed by atoms with Crippen molar-refractivity contribution < 1.29 is 4.74 Å². The van der Waals surface area contributed by atoms with Crippen molar-refractivity contribution >= 4 is 5.95 Å². The summed E-state index contributed by atoms with van der Waals surface area (Å²) in [6.45, 7) is 10.4. The van der Waals surface area contributed by atoms with Crippen LogP contribution in [-0.2, 0) is 4.74 Å². The van der Waals surface area contributed by atoms with Gasteiger partial charge in [0.15, 0.2) is 0 Å². The van der Waals surface area contributed by atoms with Crippen LogP contribution in [0.5, 0.6) is 0 Å². The minimum atomic E-state index is 0.458. The van der Waals surface area contributed by atoms with Gasteiger partial charge in [0.05, 0.1) is 0 Å². The minimum Gasteiger partial charge on any atom is -0.382 e. The van der Waals surface area contributed by atoms with Crippen LogP contribution < -0.4 is 5.32 Å². The number of likely N-dealkylation sites (tertiary alicyclic amines) is 1. The molecule has 0 amide bonds. The molecule has 0 aromatic carbocycles. The second-order valence-electron chi connectivity index (χ2n) is 5.85. The molecule has 2 rings (SSSR count). The molecule has 1 saturated heterocycles. The highest BCUT2D eigenvalue weighted by molar-refractivity contribution is 5.26. The molecule has 1 aliphatic rings. The first-order chi connectivity index (χ1) is 10.3. The molecule has 0 radical (unpaired) electrons. The third-order valence-corrected chi connectivity index (χ3v) is 4.07. The molecule has 120 valence electrons. The van der Waals surface area contributed by atoms with E-state index in [1.807, 2.05) is 13.1 Å². The van der Waals surface area contributed by atoms with Gasteiger partial charge in [0.1, 0.15) is 0 Å². The molecule has 0 bridgehead atoms. The fraction of sp³-hybridized carbons (Fsp3) is 0.812. The Labute approximate surface area is 128 Å². The summed E-state index contributed by atoms with van der Waals surface area (Å²) in [5, 5.41) is 3.42. The van der Waals surface area contributed by atoms with Gasteiger partial charge in [-0.2, -0.15) is 0 Å². The van der Waals surface area contributed by atoms with Gasteiger partial charge in [0.25, 0.3) is 0 Å². The first-order valence-electron chi connectivity index (χ1n) is 8.38. The predicted molar refractivity (Wildman–Crippen MR) is 86.8 cm³/mol. The molecule has 2 heterocycles. The monoisotopic (exact) mass is 294 g/mol. The lowest BCUT2D eigenvalue weighted by Gasteiger charge is -2.30. The average Bonchev–Trinajstić information content (AvgIpc) is 2.96. The molecule has 5 heteroatoms. The molecule has 1 N–H and O–H groups in total. The summed E-state index contributed by atoms with van der Waals surface area (Å²) < 4.78 is 7.62. The summed E-state index contributed by atoms with van der Waals surface area (Å²) in [6.07, 6.45) is 9.07. The van der Waals surface area contributed by atoms with Crippen molar-refractivity contribution in [3.8, 4) is 0 Å². The smallest absolute Gasteiger partial charge is 0.203 e. The Kier molecular flexibility index (Phi) is 7.03. The number of nitrogens with one attached hydrogen (secondary N) is 1. The summed E-state index contributed by atoms with van der Waals surface area (Å²) in [5.74, 6) is 0.982. The summed E-state index contributed by atoms with van der Waals surface area (Å²) in [7, 11) is 0. The molecule has 0 saturated carbocycles. The number of ether oxygens (including phenoxy) is 1. The van der Waals surface area contributed by atoms with Crippen LogP contribution in [0.4, 0.5) is 5.95 Å². The number of imidazole rings is 1. The molecule has 5 nitrogen and oxygen atoms in total. The van der Waals surface area contributed by atoms with E-state index in [1.165, 1.54) is 32.4 Å². The van der Waals surface area contributed by atoms with E-state index in [2.05, 4.69) is 32.9 Å². The first kappa shape index (κ1) is 16.3. The van der Waals surface area contributed by atoms with E-state index >= 15 is 0 Å². The number of aromatic nitrogens is 2. The molecule has 1 atom stereocenters. The van der Waals surface area contributed by atoms with Gasteiger partial charge in [-0.05, 0) is 46.2 Å². The van der Waals surface area contributed by atoms with Crippen molar-refractivity contribution in [3.63, 3.8) is 0 Å². The van der Waals surface area contributed by atoms with E-state index < -0.39 is 0 Å². The van der Waals surface area contributed by atoms with E-state index in [4.69, 9.17) is 4.74 Å². The highest BCUT2D eigenvalue weighted by Crippen LogP contribution is 2.17. The molecule has 0 spiro atoms. The molecular formula is C16H30N4O. The van der Waals surface area contributed by atoms with Crippen LogP contribution in [0.3, 0.4) is 0 Å². The van der Waals surface area contributed by atoms with E-state index in [-0.39, 0.29) is 0 Å². The molecule has 1 aromatic rings. The van der Waals surface area contributed by atoms with Gasteiger partial charge in [-0.15, -0.1) is 0 Å². The predicted octanol–water partition coefficient (Wildman–Crippen LogP) is 2.77. The third-order valence-electron chi connectivity index (χ3n) is 4.07. The Morgan fingerprint density at radius 2 is 2.14 bits per heavy atom. The normalized spacial score (nSPS) is 17.8. The van der Waals surface area contributed by atoms with Crippen molar-refractivity contribution in [2.45, 2.75) is 45.6 Å². The average molecular weight is 294 g/mol. The van der Waals surface area contributed by atoms with E-state index in [1.54, 1.807) is 0 Å². The zero-order valence-corrected chi connectivity index (χ0v) is 13.6. The molecule has 21 heavy (non-hydrogen) atoms. The Balaban J connectivity index is 1.77. The third kappa shape index (κ3) is 5.32. The van der Waals surface area contributed by atoms with Crippen LogP contribution in [-0.4, -0.2) is 53.8 Å². The number of hydrogen-bond donors (Lipinski definition) is 1. The number of anilines is 1. The Bertz CT molecular complexity index is 387. The van der Waals surface area contributed by atoms with Crippen LogP contribution in [0.2, 0.25) is 0 Å². The van der Waals surface area contributed by atoms with Crippen molar-refractivity contribution in [1.29, 1.82) is 0 Å². The minimum absolute atomic E-state index is 0.458. The maximum Gasteiger partial charge on any atom is 0.203 e. The molecule has 1 unspecified atom stereocenters. The fourth-order valence-electron chi connectivity index (χ4n) is 2.93. The largest absolute Gasteiger partial charge is 0.382 e. The van der Waals surface area contributed by atoms with Gasteiger partial charge in [0.2, 0.25) is 5.95 Å². The van der Waals surface area contributed by atoms with E-state index in [9.17, 15) is 0 Å². The number of rotatable bonds is 9. The van der Waals surface area contributed by atoms with Gasteiger partial charge >= 0.3 is 0 Å². The summed E-state index contributed by atoms with van der Waals surface area (Å²) in [6, 6.07) is 0.458.